The summed E-state index contributed by atoms with van der Waals surface area (Å²) < 4.78 is 0. The van der Waals surface area contributed by atoms with Gasteiger partial charge >= 0.3 is 0 Å². The highest BCUT2D eigenvalue weighted by atomic mass is 32.2. The Hall–Kier alpha value is -2.28. The van der Waals surface area contributed by atoms with Crippen molar-refractivity contribution in [3.05, 3.63) is 34.7 Å². The number of imide groups is 1. The average molecular weight is 360 g/mol. The molecule has 0 aromatic heterocycles. The Labute approximate surface area is 150 Å². The Morgan fingerprint density at radius 2 is 1.72 bits per heavy atom. The third-order valence-electron chi connectivity index (χ3n) is 4.32. The average Bonchev–Trinajstić information content (AvgIpc) is 2.80. The van der Waals surface area contributed by atoms with Gasteiger partial charge in [0.15, 0.2) is 0 Å². The summed E-state index contributed by atoms with van der Waals surface area (Å²) in [6, 6.07) is 6.34. The Bertz CT molecular complexity index is 706. The van der Waals surface area contributed by atoms with Gasteiger partial charge in [0, 0.05) is 13.1 Å². The van der Waals surface area contributed by atoms with E-state index in [0.29, 0.717) is 23.6 Å². The fraction of sp³-hybridized carbons (Fsp3) is 0.389. The first-order chi connectivity index (χ1) is 12.0. The lowest BCUT2D eigenvalue weighted by molar-refractivity contribution is -0.135. The lowest BCUT2D eigenvalue weighted by Gasteiger charge is -2.22. The van der Waals surface area contributed by atoms with Crippen molar-refractivity contribution in [3.8, 4) is 5.75 Å². The van der Waals surface area contributed by atoms with Crippen LogP contribution in [0.15, 0.2) is 29.2 Å². The molecule has 3 rings (SSSR count). The monoisotopic (exact) mass is 360 g/mol. The van der Waals surface area contributed by atoms with Crippen molar-refractivity contribution < 1.29 is 19.5 Å². The van der Waals surface area contributed by atoms with Crippen LogP contribution in [0.1, 0.15) is 31.2 Å². The fourth-order valence-electron chi connectivity index (χ4n) is 2.91. The van der Waals surface area contributed by atoms with Gasteiger partial charge in [-0.15, -0.1) is 0 Å². The van der Waals surface area contributed by atoms with Crippen molar-refractivity contribution in [1.29, 1.82) is 0 Å². The van der Waals surface area contributed by atoms with Crippen LogP contribution in [-0.2, 0) is 9.59 Å². The molecule has 2 saturated heterocycles. The van der Waals surface area contributed by atoms with E-state index in [1.807, 2.05) is 0 Å². The number of hydrogen-bond donors (Lipinski definition) is 1. The van der Waals surface area contributed by atoms with E-state index < -0.39 is 11.1 Å². The van der Waals surface area contributed by atoms with E-state index >= 15 is 0 Å². The third-order valence-corrected chi connectivity index (χ3v) is 5.22. The number of phenolic OH excluding ortho intramolecular Hbond substituents is 1. The van der Waals surface area contributed by atoms with Crippen LogP contribution < -0.4 is 0 Å². The molecule has 7 heteroatoms. The predicted molar refractivity (Wildman–Crippen MR) is 95.8 cm³/mol. The highest BCUT2D eigenvalue weighted by Crippen LogP contribution is 2.32. The van der Waals surface area contributed by atoms with Gasteiger partial charge in [-0.25, -0.2) is 0 Å². The summed E-state index contributed by atoms with van der Waals surface area (Å²) in [5.41, 5.74) is 0.710. The van der Waals surface area contributed by atoms with E-state index in [1.54, 1.807) is 23.1 Å². The molecule has 25 heavy (non-hydrogen) atoms. The minimum atomic E-state index is -0.439. The molecule has 2 fully saturated rings. The second kappa shape index (κ2) is 7.74. The van der Waals surface area contributed by atoms with Crippen LogP contribution in [0.25, 0.3) is 6.08 Å². The van der Waals surface area contributed by atoms with Crippen molar-refractivity contribution in [1.82, 2.24) is 9.80 Å². The Kier molecular flexibility index (Phi) is 5.43. The third kappa shape index (κ3) is 4.22. The van der Waals surface area contributed by atoms with E-state index in [4.69, 9.17) is 0 Å². The van der Waals surface area contributed by atoms with Crippen LogP contribution in [0.4, 0.5) is 4.79 Å². The molecule has 2 aliphatic heterocycles. The zero-order valence-electron chi connectivity index (χ0n) is 13.8. The number of aromatic hydroxyl groups is 1. The molecule has 2 heterocycles. The van der Waals surface area contributed by atoms with E-state index in [1.165, 1.54) is 12.1 Å². The largest absolute Gasteiger partial charge is 0.508 e. The molecule has 0 atom stereocenters. The first-order valence-electron chi connectivity index (χ1n) is 8.37. The minimum absolute atomic E-state index is 0.133. The standard InChI is InChI=1S/C18H20N2O4S/c21-14-7-5-13(6-8-14)11-15-17(23)20(18(24)25-15)12-16(22)19-9-3-1-2-4-10-19/h5-8,11,21H,1-4,9-10,12H2/b15-11+. The number of likely N-dealkylation sites (tertiary alicyclic amines) is 1. The van der Waals surface area contributed by atoms with Crippen LogP contribution in [-0.4, -0.2) is 51.6 Å². The molecular weight excluding hydrogens is 340 g/mol. The second-order valence-electron chi connectivity index (χ2n) is 6.15. The van der Waals surface area contributed by atoms with Gasteiger partial charge in [-0.2, -0.15) is 0 Å². The lowest BCUT2D eigenvalue weighted by Crippen LogP contribution is -2.42. The topological polar surface area (TPSA) is 77.9 Å². The summed E-state index contributed by atoms with van der Waals surface area (Å²) in [5.74, 6) is -0.477. The summed E-state index contributed by atoms with van der Waals surface area (Å²) in [5, 5.41) is 8.88. The van der Waals surface area contributed by atoms with Crippen molar-refractivity contribution in [2.24, 2.45) is 0 Å². The number of carbonyl (C=O) groups excluding carboxylic acids is 3. The van der Waals surface area contributed by atoms with Gasteiger partial charge in [0.25, 0.3) is 11.1 Å². The quantitative estimate of drug-likeness (QED) is 0.839. The summed E-state index contributed by atoms with van der Waals surface area (Å²) in [7, 11) is 0. The number of carbonyl (C=O) groups is 3. The molecule has 2 aliphatic rings. The first-order valence-corrected chi connectivity index (χ1v) is 9.18. The smallest absolute Gasteiger partial charge is 0.294 e. The van der Waals surface area contributed by atoms with Crippen molar-refractivity contribution >= 4 is 34.9 Å². The molecule has 132 valence electrons. The molecule has 3 amide bonds. The summed E-state index contributed by atoms with van der Waals surface area (Å²) in [6.07, 6.45) is 5.75. The van der Waals surface area contributed by atoms with Gasteiger partial charge in [0.05, 0.1) is 4.91 Å². The van der Waals surface area contributed by atoms with E-state index in [2.05, 4.69) is 0 Å². The molecule has 0 unspecified atom stereocenters. The summed E-state index contributed by atoms with van der Waals surface area (Å²) >= 11 is 0.839. The maximum absolute atomic E-state index is 12.5. The van der Waals surface area contributed by atoms with Crippen molar-refractivity contribution in [2.45, 2.75) is 25.7 Å². The zero-order valence-corrected chi connectivity index (χ0v) is 14.6. The molecule has 0 radical (unpaired) electrons. The van der Waals surface area contributed by atoms with Crippen molar-refractivity contribution in [3.63, 3.8) is 0 Å². The van der Waals surface area contributed by atoms with Crippen LogP contribution in [0.2, 0.25) is 0 Å². The second-order valence-corrected chi connectivity index (χ2v) is 7.15. The van der Waals surface area contributed by atoms with Crippen LogP contribution in [0.3, 0.4) is 0 Å². The van der Waals surface area contributed by atoms with Gasteiger partial charge in [-0.05, 0) is 48.4 Å². The molecule has 0 bridgehead atoms. The summed E-state index contributed by atoms with van der Waals surface area (Å²) in [4.78, 5) is 40.1. The van der Waals surface area contributed by atoms with Crippen LogP contribution in [0, 0.1) is 0 Å². The van der Waals surface area contributed by atoms with E-state index in [9.17, 15) is 19.5 Å². The molecule has 0 spiro atoms. The van der Waals surface area contributed by atoms with Gasteiger partial charge in [0.1, 0.15) is 12.3 Å². The molecule has 1 aromatic carbocycles. The maximum atomic E-state index is 12.5. The molecular formula is C18H20N2O4S. The number of benzene rings is 1. The van der Waals surface area contributed by atoms with Gasteiger partial charge < -0.3 is 10.0 Å². The van der Waals surface area contributed by atoms with Gasteiger partial charge in [0.2, 0.25) is 5.91 Å². The maximum Gasteiger partial charge on any atom is 0.294 e. The molecule has 1 aromatic rings. The highest BCUT2D eigenvalue weighted by molar-refractivity contribution is 8.18. The SMILES string of the molecule is O=C(CN1C(=O)S/C(=C/c2ccc(O)cc2)C1=O)N1CCCCCC1. The molecule has 1 N–H and O–H groups in total. The number of phenols is 1. The Balaban J connectivity index is 1.68. The molecule has 0 aliphatic carbocycles. The van der Waals surface area contributed by atoms with Crippen LogP contribution >= 0.6 is 11.8 Å². The molecule has 0 saturated carbocycles. The number of rotatable bonds is 3. The number of nitrogens with zero attached hydrogens (tertiary/aromatic N) is 2. The Morgan fingerprint density at radius 1 is 1.08 bits per heavy atom. The Morgan fingerprint density at radius 3 is 2.36 bits per heavy atom. The van der Waals surface area contributed by atoms with Gasteiger partial charge in [-0.1, -0.05) is 25.0 Å². The van der Waals surface area contributed by atoms with Crippen LogP contribution in [0.5, 0.6) is 5.75 Å². The normalized spacial score (nSPS) is 20.2. The van der Waals surface area contributed by atoms with E-state index in [0.717, 1.165) is 42.3 Å². The predicted octanol–water partition coefficient (Wildman–Crippen LogP) is 2.83. The lowest BCUT2D eigenvalue weighted by atomic mass is 10.2. The highest BCUT2D eigenvalue weighted by Gasteiger charge is 2.37. The van der Waals surface area contributed by atoms with Crippen molar-refractivity contribution in [2.75, 3.05) is 19.6 Å². The summed E-state index contributed by atoms with van der Waals surface area (Å²) in [6.45, 7) is 1.19. The fourth-order valence-corrected chi connectivity index (χ4v) is 3.75. The minimum Gasteiger partial charge on any atom is -0.508 e. The van der Waals surface area contributed by atoms with Gasteiger partial charge in [-0.3, -0.25) is 19.3 Å². The number of hydrogen-bond acceptors (Lipinski definition) is 5. The van der Waals surface area contributed by atoms with E-state index in [-0.39, 0.29) is 18.2 Å². The zero-order chi connectivity index (χ0) is 17.8. The number of amides is 3. The molecule has 6 nitrogen and oxygen atoms in total. The first kappa shape index (κ1) is 17.5. The number of thioether (sulfide) groups is 1.